The minimum Gasteiger partial charge on any atom is -0.508 e. The maximum atomic E-state index is 13.1. The zero-order valence-electron chi connectivity index (χ0n) is 22.7. The van der Waals surface area contributed by atoms with Gasteiger partial charge >= 0.3 is 19.8 Å². The number of anilines is 2. The molecule has 0 bridgehead atoms. The molecule has 230 valence electrons. The molecule has 1 aliphatic rings. The molecule has 1 aliphatic heterocycles. The lowest BCUT2D eigenvalue weighted by atomic mass is 9.97. The number of carbonyl (C=O) groups is 2. The van der Waals surface area contributed by atoms with Crippen LogP contribution in [0.5, 0.6) is 5.75 Å². The van der Waals surface area contributed by atoms with Crippen LogP contribution in [-0.2, 0) is 29.7 Å². The number of nitrogens with two attached hydrogens (primary N) is 2. The van der Waals surface area contributed by atoms with Crippen LogP contribution in [0.2, 0.25) is 0 Å². The molecule has 4 rings (SSSR count). The first-order valence-corrected chi connectivity index (χ1v) is 14.6. The number of hydrogen-bond donors (Lipinski definition) is 7. The van der Waals surface area contributed by atoms with Crippen molar-refractivity contribution < 1.29 is 52.9 Å². The number of ether oxygens (including phenoxy) is 3. The molecule has 0 aliphatic carbocycles. The highest BCUT2D eigenvalue weighted by Crippen LogP contribution is 2.42. The predicted molar refractivity (Wildman–Crippen MR) is 153 cm³/mol. The van der Waals surface area contributed by atoms with E-state index >= 15 is 0 Å². The lowest BCUT2D eigenvalue weighted by Gasteiger charge is -2.43. The number of benzene rings is 3. The van der Waals surface area contributed by atoms with Gasteiger partial charge in [0.1, 0.15) is 36.9 Å². The van der Waals surface area contributed by atoms with Gasteiger partial charge in [-0.1, -0.05) is 36.4 Å². The number of phenols is 1. The number of aromatic hydroxyl groups is 1. The van der Waals surface area contributed by atoms with Gasteiger partial charge in [-0.25, -0.2) is 14.2 Å². The number of aliphatic hydroxyl groups is 1. The van der Waals surface area contributed by atoms with Gasteiger partial charge in [0, 0.05) is 17.9 Å². The number of rotatable bonds is 11. The molecule has 3 aromatic carbocycles. The quantitative estimate of drug-likeness (QED) is 0.0914. The van der Waals surface area contributed by atoms with E-state index in [4.69, 9.17) is 30.2 Å². The number of phosphoric acid groups is 1. The van der Waals surface area contributed by atoms with Gasteiger partial charge in [0.25, 0.3) is 0 Å². The highest BCUT2D eigenvalue weighted by Gasteiger charge is 2.51. The van der Waals surface area contributed by atoms with E-state index in [9.17, 15) is 34.2 Å². The van der Waals surface area contributed by atoms with E-state index in [0.29, 0.717) is 6.42 Å². The van der Waals surface area contributed by atoms with E-state index in [1.165, 1.54) is 36.4 Å². The first kappa shape index (κ1) is 31.9. The number of esters is 2. The number of hydrogen-bond acceptors (Lipinski definition) is 12. The second-order valence-corrected chi connectivity index (χ2v) is 10.9. The summed E-state index contributed by atoms with van der Waals surface area (Å²) in [5, 5.41) is 23.6. The molecule has 3 aromatic rings. The van der Waals surface area contributed by atoms with Crippen molar-refractivity contribution in [3.8, 4) is 5.75 Å². The Bertz CT molecular complexity index is 1470. The Morgan fingerprint density at radius 2 is 1.47 bits per heavy atom. The van der Waals surface area contributed by atoms with Gasteiger partial charge in [0.2, 0.25) is 0 Å². The SMILES string of the molecule is Nc1ccccc1C(=O)OC[C@H]1O[C@@H](NCCc2ccc(O)cc2)[C@H](OC(=O)c2ccccc2N)[C@@H](OP(=O)(O)O)[C@@H]1O. The summed E-state index contributed by atoms with van der Waals surface area (Å²) in [7, 11) is -5.26. The van der Waals surface area contributed by atoms with E-state index in [0.717, 1.165) is 5.56 Å². The normalized spacial score (nSPS) is 22.1. The molecule has 0 radical (unpaired) electrons. The van der Waals surface area contributed by atoms with Gasteiger partial charge in [-0.3, -0.25) is 9.84 Å². The number of phenolic OH excluding ortho intramolecular Hbond substituents is 1. The van der Waals surface area contributed by atoms with Crippen molar-refractivity contribution in [1.82, 2.24) is 5.32 Å². The van der Waals surface area contributed by atoms with E-state index in [2.05, 4.69) is 5.32 Å². The molecule has 0 aromatic heterocycles. The molecule has 1 saturated heterocycles. The molecule has 5 atom stereocenters. The highest BCUT2D eigenvalue weighted by molar-refractivity contribution is 7.46. The van der Waals surface area contributed by atoms with Crippen LogP contribution < -0.4 is 16.8 Å². The lowest BCUT2D eigenvalue weighted by molar-refractivity contribution is -0.232. The number of phosphoric ester groups is 1. The highest BCUT2D eigenvalue weighted by atomic mass is 31.2. The number of aliphatic hydroxyl groups excluding tert-OH is 1. The number of nitrogen functional groups attached to an aromatic ring is 2. The topological polar surface area (TPSA) is 233 Å². The third-order valence-corrected chi connectivity index (χ3v) is 7.12. The van der Waals surface area contributed by atoms with Crippen molar-refractivity contribution in [3.63, 3.8) is 0 Å². The summed E-state index contributed by atoms with van der Waals surface area (Å²) in [6, 6.07) is 18.5. The molecule has 1 heterocycles. The largest absolute Gasteiger partial charge is 0.508 e. The molecular formula is C28H32N3O11P. The number of carbonyl (C=O) groups excluding carboxylic acids is 2. The van der Waals surface area contributed by atoms with Crippen molar-refractivity contribution in [1.29, 1.82) is 0 Å². The summed E-state index contributed by atoms with van der Waals surface area (Å²) >= 11 is 0. The third kappa shape index (κ3) is 8.52. The molecule has 15 heteroatoms. The fourth-order valence-electron chi connectivity index (χ4n) is 4.45. The summed E-state index contributed by atoms with van der Waals surface area (Å²) in [6.45, 7) is -0.388. The van der Waals surface area contributed by atoms with Crippen LogP contribution in [0.3, 0.4) is 0 Å². The number of para-hydroxylation sites is 2. The van der Waals surface area contributed by atoms with E-state index in [1.807, 2.05) is 0 Å². The zero-order chi connectivity index (χ0) is 31.1. The Kier molecular flexibility index (Phi) is 10.4. The molecule has 14 nitrogen and oxygen atoms in total. The summed E-state index contributed by atoms with van der Waals surface area (Å²) in [5.74, 6) is -1.71. The van der Waals surface area contributed by atoms with E-state index in [1.54, 1.807) is 36.4 Å². The summed E-state index contributed by atoms with van der Waals surface area (Å²) in [5.41, 5.74) is 12.8. The van der Waals surface area contributed by atoms with Crippen LogP contribution in [0, 0.1) is 0 Å². The van der Waals surface area contributed by atoms with Crippen molar-refractivity contribution in [2.24, 2.45) is 0 Å². The number of nitrogens with one attached hydrogen (secondary N) is 1. The molecule has 9 N–H and O–H groups in total. The fourth-order valence-corrected chi connectivity index (χ4v) is 5.01. The van der Waals surface area contributed by atoms with Gasteiger partial charge < -0.3 is 45.7 Å². The van der Waals surface area contributed by atoms with Crippen LogP contribution in [0.1, 0.15) is 26.3 Å². The monoisotopic (exact) mass is 617 g/mol. The minimum absolute atomic E-state index is 0.0359. The Hall–Kier alpha value is -4.01. The average Bonchev–Trinajstić information content (AvgIpc) is 2.96. The predicted octanol–water partition coefficient (Wildman–Crippen LogP) is 1.33. The maximum Gasteiger partial charge on any atom is 0.470 e. The molecule has 0 amide bonds. The van der Waals surface area contributed by atoms with Crippen LogP contribution in [-0.4, -0.2) is 75.7 Å². The zero-order valence-corrected chi connectivity index (χ0v) is 23.6. The second kappa shape index (κ2) is 14.0. The van der Waals surface area contributed by atoms with Gasteiger partial charge in [-0.05, 0) is 48.4 Å². The first-order valence-electron chi connectivity index (χ1n) is 13.1. The Balaban J connectivity index is 1.58. The van der Waals surface area contributed by atoms with Gasteiger partial charge in [-0.2, -0.15) is 0 Å². The third-order valence-electron chi connectivity index (χ3n) is 6.60. The average molecular weight is 618 g/mol. The van der Waals surface area contributed by atoms with Gasteiger partial charge in [-0.15, -0.1) is 0 Å². The van der Waals surface area contributed by atoms with E-state index < -0.39 is 57.0 Å². The van der Waals surface area contributed by atoms with Crippen molar-refractivity contribution in [3.05, 3.63) is 89.5 Å². The molecule has 0 unspecified atom stereocenters. The van der Waals surface area contributed by atoms with Crippen LogP contribution >= 0.6 is 7.82 Å². The Morgan fingerprint density at radius 3 is 2.05 bits per heavy atom. The Morgan fingerprint density at radius 1 is 0.884 bits per heavy atom. The molecule has 0 saturated carbocycles. The van der Waals surface area contributed by atoms with Crippen LogP contribution in [0.15, 0.2) is 72.8 Å². The molecule has 43 heavy (non-hydrogen) atoms. The summed E-state index contributed by atoms with van der Waals surface area (Å²) < 4.78 is 33.7. The summed E-state index contributed by atoms with van der Waals surface area (Å²) in [6.07, 6.45) is -7.57. The minimum atomic E-state index is -5.26. The van der Waals surface area contributed by atoms with Crippen LogP contribution in [0.4, 0.5) is 11.4 Å². The van der Waals surface area contributed by atoms with Crippen LogP contribution in [0.25, 0.3) is 0 Å². The standard InChI is InChI=1S/C28H32N3O11P/c29-20-7-3-1-5-18(20)27(34)39-15-22-23(33)24(42-43(36,37)38)25(41-28(35)19-6-2-4-8-21(19)30)26(40-22)31-14-13-16-9-11-17(32)12-10-16/h1-12,22-26,31-33H,13-15,29-30H2,(H2,36,37,38)/t22-,23-,24+,25-,26-/m1/s1. The first-order chi connectivity index (χ1) is 20.4. The fraction of sp³-hybridized carbons (Fsp3) is 0.286. The van der Waals surface area contributed by atoms with E-state index in [-0.39, 0.29) is 34.8 Å². The maximum absolute atomic E-state index is 13.1. The van der Waals surface area contributed by atoms with Gasteiger partial charge in [0.15, 0.2) is 6.10 Å². The molecular weight excluding hydrogens is 585 g/mol. The smallest absolute Gasteiger partial charge is 0.470 e. The van der Waals surface area contributed by atoms with Crippen molar-refractivity contribution >= 4 is 31.1 Å². The molecule has 0 spiro atoms. The summed E-state index contributed by atoms with van der Waals surface area (Å²) in [4.78, 5) is 45.0. The second-order valence-electron chi connectivity index (χ2n) is 9.66. The van der Waals surface area contributed by atoms with Gasteiger partial charge in [0.05, 0.1) is 11.1 Å². The van der Waals surface area contributed by atoms with Crippen molar-refractivity contribution in [2.45, 2.75) is 37.1 Å². The van der Waals surface area contributed by atoms with Crippen molar-refractivity contribution in [2.75, 3.05) is 24.6 Å². The lowest BCUT2D eigenvalue weighted by Crippen LogP contribution is -2.64. The molecule has 1 fully saturated rings. The Labute approximate surface area is 246 Å².